The summed E-state index contributed by atoms with van der Waals surface area (Å²) in [6.07, 6.45) is 1.15. The third-order valence-corrected chi connectivity index (χ3v) is 108. The third kappa shape index (κ3) is 24.1. The van der Waals surface area contributed by atoms with Gasteiger partial charge in [0, 0.05) is 93.2 Å². The van der Waals surface area contributed by atoms with E-state index in [2.05, 4.69) is 160 Å². The fraction of sp³-hybridized carbons (Fsp3) is 0.528. The second-order valence-electron chi connectivity index (χ2n) is 41.7. The lowest BCUT2D eigenvalue weighted by molar-refractivity contribution is -0.0342. The van der Waals surface area contributed by atoms with Crippen molar-refractivity contribution < 1.29 is 114 Å². The van der Waals surface area contributed by atoms with E-state index in [0.717, 1.165) is 0 Å². The molecule has 16 rings (SSSR count). The Morgan fingerprint density at radius 2 is 0.455 bits per heavy atom. The van der Waals surface area contributed by atoms with Crippen molar-refractivity contribution in [1.82, 2.24) is 0 Å². The van der Waals surface area contributed by atoms with E-state index in [-0.39, 0.29) is 104 Å². The lowest BCUT2D eigenvalue weighted by atomic mass is 10.3. The van der Waals surface area contributed by atoms with Crippen molar-refractivity contribution in [2.45, 2.75) is 221 Å². The minimum Gasteiger partial charge on any atom is -0.413 e. The molecule has 4 unspecified atom stereocenters. The monoisotopic (exact) mass is 2150 g/mol. The number of rotatable bonds is 42. The molecule has 0 radical (unpaired) electrons. The van der Waals surface area contributed by atoms with E-state index < -0.39 is 157 Å². The van der Waals surface area contributed by atoms with Gasteiger partial charge in [-0.25, -0.2) is 0 Å². The van der Waals surface area contributed by atoms with Gasteiger partial charge in [0.2, 0.25) is 0 Å². The number of ether oxygens (including phenoxy) is 2. The minimum atomic E-state index is -5.39. The first-order valence-electron chi connectivity index (χ1n) is 48.3. The molecule has 45 heteroatoms. The summed E-state index contributed by atoms with van der Waals surface area (Å²) in [5, 5.41) is 24.4. The van der Waals surface area contributed by atoms with Crippen LogP contribution in [0.3, 0.4) is 0 Å². The Labute approximate surface area is 815 Å². The Bertz CT molecular complexity index is 4670. The molecule has 134 heavy (non-hydrogen) atoms. The maximum atomic E-state index is 10.1. The van der Waals surface area contributed by atoms with E-state index in [9.17, 15) is 18.4 Å². The Morgan fingerprint density at radius 1 is 0.246 bits per heavy atom. The number of benzene rings is 7. The second-order valence-corrected chi connectivity index (χ2v) is 101. The third-order valence-electron chi connectivity index (χ3n) is 24.0. The highest BCUT2D eigenvalue weighted by Crippen LogP contribution is 2.58. The Morgan fingerprint density at radius 3 is 0.694 bits per heavy atom. The van der Waals surface area contributed by atoms with Crippen LogP contribution in [0.5, 0.6) is 0 Å². The molecule has 9 aliphatic rings. The highest BCUT2D eigenvalue weighted by Gasteiger charge is 2.86. The lowest BCUT2D eigenvalue weighted by Gasteiger charge is -2.64. The standard InChI is InChI=1S/C89H144O27Si18/c1-76(2)68-123-101-122(102-124(69-77(3)4)106-126(104-123,71-79(7)8)110-129(74-82(13)14)111-127(105-123,72-80(9)10)107-125(103-122,70-78(5)6)109-128(108-124,112-129)73-81(11)12)67-66-119(19,20)96-132(87-52-36-25-37-53-87)115-133(88-54-38-26-39-55-88)99-121(84-46-30-22-31-47-84)75-120(83-44-28-21-29-45-83,97-130(113-133,85-48-32-23-33-49-85)94-117(15,16)64-42-60-92-62-58-90)98-131(86-50-34-24-35-51-86,95-118(17,18)65-43-61-93-63-59-91)114-134(100-121,116-132)89-56-40-27-41-57-89/h21-41,44-57,76-82,90-91H,42-43,58-75H2,1-20H3. The van der Waals surface area contributed by atoms with Crippen LogP contribution in [0, 0.1) is 41.4 Å². The Balaban J connectivity index is 1.04. The molecule has 0 aromatic heterocycles. The van der Waals surface area contributed by atoms with Crippen LogP contribution in [-0.2, 0) is 104 Å². The van der Waals surface area contributed by atoms with Gasteiger partial charge in [0.1, 0.15) is 0 Å². The average molecular weight is 2150 g/mol. The molecule has 9 saturated heterocycles. The summed E-state index contributed by atoms with van der Waals surface area (Å²) in [5.41, 5.74) is -0.0400. The van der Waals surface area contributed by atoms with Crippen LogP contribution in [0.1, 0.15) is 110 Å². The highest BCUT2D eigenvalue weighted by molar-refractivity contribution is 7.15. The van der Waals surface area contributed by atoms with E-state index in [1.165, 1.54) is 0 Å². The predicted octanol–water partition coefficient (Wildman–Crippen LogP) is 14.5. The van der Waals surface area contributed by atoms with Crippen LogP contribution in [0.25, 0.3) is 0 Å². The lowest BCUT2D eigenvalue weighted by Crippen LogP contribution is -2.91. The van der Waals surface area contributed by atoms with Gasteiger partial charge in [-0.15, -0.1) is 0 Å². The summed E-state index contributed by atoms with van der Waals surface area (Å²) >= 11 is 0. The first-order chi connectivity index (χ1) is 63.5. The van der Waals surface area contributed by atoms with E-state index in [1.54, 1.807) is 0 Å². The van der Waals surface area contributed by atoms with Crippen molar-refractivity contribution in [2.75, 3.05) is 39.6 Å². The van der Waals surface area contributed by atoms with Crippen LogP contribution in [0.15, 0.2) is 212 Å². The van der Waals surface area contributed by atoms with Crippen LogP contribution in [-0.4, -0.2) is 206 Å². The number of hydrogen-bond donors (Lipinski definition) is 2. The normalized spacial score (nSPS) is 33.4. The first kappa shape index (κ1) is 106. The summed E-state index contributed by atoms with van der Waals surface area (Å²) in [6.45, 7) is 44.2. The summed E-state index contributed by atoms with van der Waals surface area (Å²) in [6, 6.07) is 73.9. The van der Waals surface area contributed by atoms with E-state index in [4.69, 9.17) is 95.9 Å². The molecule has 9 heterocycles. The Hall–Kier alpha value is -2.64. The molecule has 7 aromatic rings. The summed E-state index contributed by atoms with van der Waals surface area (Å²) < 4.78 is 212. The van der Waals surface area contributed by atoms with Crippen LogP contribution >= 0.6 is 0 Å². The van der Waals surface area contributed by atoms with Gasteiger partial charge in [0.25, 0.3) is 0 Å². The molecule has 9 fully saturated rings. The quantitative estimate of drug-likeness (QED) is 0.0266. The topological polar surface area (TPSA) is 271 Å². The Kier molecular flexibility index (Phi) is 33.3. The number of fused-ring (bicyclic) bond motifs is 3. The van der Waals surface area contributed by atoms with E-state index >= 15 is 0 Å². The van der Waals surface area contributed by atoms with Gasteiger partial charge in [-0.1, -0.05) is 309 Å². The van der Waals surface area contributed by atoms with Crippen LogP contribution in [0.2, 0.25) is 111 Å². The molecule has 27 nitrogen and oxygen atoms in total. The van der Waals surface area contributed by atoms with Crippen molar-refractivity contribution >= 4 is 193 Å². The fourth-order valence-electron chi connectivity index (χ4n) is 19.4. The van der Waals surface area contributed by atoms with Gasteiger partial charge < -0.3 is 114 Å². The number of aliphatic hydroxyl groups excluding tert-OH is 2. The highest BCUT2D eigenvalue weighted by atomic mass is 28.6. The van der Waals surface area contributed by atoms with Crippen LogP contribution in [0.4, 0.5) is 0 Å². The van der Waals surface area contributed by atoms with E-state index in [1.807, 2.05) is 188 Å². The van der Waals surface area contributed by atoms with Gasteiger partial charge in [-0.3, -0.25) is 0 Å². The molecule has 2 N–H and O–H groups in total. The molecule has 12 bridgehead atoms. The van der Waals surface area contributed by atoms with Crippen molar-refractivity contribution in [2.24, 2.45) is 41.4 Å². The van der Waals surface area contributed by atoms with Gasteiger partial charge in [-0.2, -0.15) is 0 Å². The maximum Gasteiger partial charge on any atom is 0.514 e. The van der Waals surface area contributed by atoms with Gasteiger partial charge in [0.15, 0.2) is 25.0 Å². The number of hydrogen-bond acceptors (Lipinski definition) is 27. The van der Waals surface area contributed by atoms with Gasteiger partial charge in [-0.05, 0) is 122 Å². The molecular formula is C89H144O27Si18. The summed E-state index contributed by atoms with van der Waals surface area (Å²) in [7, 11) is -81.8. The van der Waals surface area contributed by atoms with Crippen molar-refractivity contribution in [3.63, 3.8) is 0 Å². The molecule has 0 saturated carbocycles. The molecule has 734 valence electrons. The minimum absolute atomic E-state index is 0.0115. The molecule has 7 aromatic carbocycles. The van der Waals surface area contributed by atoms with Gasteiger partial charge >= 0.3 is 132 Å². The number of aliphatic hydroxyl groups is 2. The zero-order valence-electron chi connectivity index (χ0n) is 82.0. The fourth-order valence-corrected chi connectivity index (χ4v) is 129. The second kappa shape index (κ2) is 42.2. The SMILES string of the molecule is CC(C)C[Si]12O[Si]3(CC[Si](C)(C)O[Si]4(c5ccccc5)O[Si]5(c6ccccc6)O[Si]6(c7ccccc7)C[Si](c7ccccc7)(O[Si](O[Si](C)(C)CCCOCCO)(c7ccccc7)O5)O[Si](O[Si](C)(C)CCCOCCO)(c5ccccc5)O[Si](c5ccccc5)(O6)O4)O[Si]4(CC(C)C)O[Si](CC(C)C)(O1)O[Si]1(CC(C)C)O[Si](CC(C)C)(O2)O[Si](CC(C)C)(O3)O[Si](CC(C)C)(O4)O1. The molecule has 0 spiro atoms. The summed E-state index contributed by atoms with van der Waals surface area (Å²) in [5.74, 6) is -0.503. The van der Waals surface area contributed by atoms with Crippen molar-refractivity contribution in [3.8, 4) is 0 Å². The van der Waals surface area contributed by atoms with E-state index in [0.29, 0.717) is 98.6 Å². The van der Waals surface area contributed by atoms with Crippen molar-refractivity contribution in [1.29, 1.82) is 0 Å². The van der Waals surface area contributed by atoms with Crippen molar-refractivity contribution in [3.05, 3.63) is 212 Å². The largest absolute Gasteiger partial charge is 0.514 e. The molecule has 9 aliphatic heterocycles. The molecular weight excluding hydrogens is 2010 g/mol. The van der Waals surface area contributed by atoms with Gasteiger partial charge in [0.05, 0.1) is 26.4 Å². The zero-order valence-corrected chi connectivity index (χ0v) is 100.0. The van der Waals surface area contributed by atoms with Crippen LogP contribution < -0.4 is 36.3 Å². The maximum absolute atomic E-state index is 10.1. The molecule has 0 aliphatic carbocycles. The predicted molar refractivity (Wildman–Crippen MR) is 553 cm³/mol. The molecule has 4 atom stereocenters. The first-order valence-corrected chi connectivity index (χ1v) is 85.8. The zero-order chi connectivity index (χ0) is 95.7. The molecule has 0 amide bonds. The smallest absolute Gasteiger partial charge is 0.413 e. The summed E-state index contributed by atoms with van der Waals surface area (Å²) in [4.78, 5) is 0. The average Bonchev–Trinajstić information content (AvgIpc) is 0.684.